The van der Waals surface area contributed by atoms with Gasteiger partial charge in [-0.1, -0.05) is 0 Å². The van der Waals surface area contributed by atoms with Crippen LogP contribution in [0.2, 0.25) is 0 Å². The summed E-state index contributed by atoms with van der Waals surface area (Å²) in [5.41, 5.74) is 0. The second kappa shape index (κ2) is 15.8. The summed E-state index contributed by atoms with van der Waals surface area (Å²) in [6.07, 6.45) is -1.81. The van der Waals surface area contributed by atoms with Crippen molar-refractivity contribution in [3.8, 4) is 0 Å². The minimum atomic E-state index is -3.66. The van der Waals surface area contributed by atoms with Crippen LogP contribution in [0, 0.1) is 0 Å². The Balaban J connectivity index is -0.000000118. The van der Waals surface area contributed by atoms with E-state index in [1.165, 1.54) is 27.7 Å². The van der Waals surface area contributed by atoms with Crippen molar-refractivity contribution in [2.24, 2.45) is 0 Å². The standard InChI is InChI=1S/C4H10O3.3C2H6O3S/c1-3(6)4(7)2-5;3*1-2-6(3,4)5/h3-7H,2H2,1H3;3*2H2,1H3,(H,3,4,5). The van der Waals surface area contributed by atoms with Crippen LogP contribution in [0.3, 0.4) is 0 Å². The average molecular weight is 437 g/mol. The Morgan fingerprint density at radius 3 is 0.840 bits per heavy atom. The molecule has 0 fully saturated rings. The molecule has 2 unspecified atom stereocenters. The highest BCUT2D eigenvalue weighted by molar-refractivity contribution is 7.86. The molecule has 0 aliphatic rings. The van der Waals surface area contributed by atoms with Crippen molar-refractivity contribution in [2.45, 2.75) is 39.9 Å². The molecule has 0 saturated carbocycles. The van der Waals surface area contributed by atoms with Gasteiger partial charge in [0.2, 0.25) is 0 Å². The van der Waals surface area contributed by atoms with Gasteiger partial charge in [-0.25, -0.2) is 0 Å². The van der Waals surface area contributed by atoms with Crippen LogP contribution in [0.1, 0.15) is 27.7 Å². The first kappa shape index (κ1) is 32.3. The summed E-state index contributed by atoms with van der Waals surface area (Å²) in [7, 11) is -11.0. The number of aliphatic hydroxyl groups is 3. The number of aliphatic hydroxyl groups excluding tert-OH is 3. The smallest absolute Gasteiger partial charge is 0.264 e. The fourth-order valence-electron chi connectivity index (χ4n) is 0.153. The summed E-state index contributed by atoms with van der Waals surface area (Å²) in [5.74, 6) is -0.604. The summed E-state index contributed by atoms with van der Waals surface area (Å²) in [4.78, 5) is 0. The quantitative estimate of drug-likeness (QED) is 0.268. The van der Waals surface area contributed by atoms with Gasteiger partial charge in [0, 0.05) is 0 Å². The molecule has 0 rings (SSSR count). The van der Waals surface area contributed by atoms with E-state index in [9.17, 15) is 25.3 Å². The van der Waals surface area contributed by atoms with Gasteiger partial charge in [-0.2, -0.15) is 25.3 Å². The number of rotatable bonds is 5. The lowest BCUT2D eigenvalue weighted by Crippen LogP contribution is -2.25. The summed E-state index contributed by atoms with van der Waals surface area (Å²) in [5, 5.41) is 24.9. The Labute approximate surface area is 148 Å². The van der Waals surface area contributed by atoms with Gasteiger partial charge in [0.05, 0.1) is 30.0 Å². The minimum absolute atomic E-state index is 0.201. The molecule has 0 amide bonds. The van der Waals surface area contributed by atoms with Crippen molar-refractivity contribution in [3.63, 3.8) is 0 Å². The van der Waals surface area contributed by atoms with Crippen molar-refractivity contribution in [2.75, 3.05) is 23.9 Å². The van der Waals surface area contributed by atoms with E-state index in [1.807, 2.05) is 0 Å². The Bertz CT molecular complexity index is 515. The van der Waals surface area contributed by atoms with E-state index in [4.69, 9.17) is 29.0 Å². The second-order valence-electron chi connectivity index (χ2n) is 4.10. The van der Waals surface area contributed by atoms with Gasteiger partial charge < -0.3 is 15.3 Å². The molecule has 0 aliphatic heterocycles. The Hall–Kier alpha value is -0.390. The van der Waals surface area contributed by atoms with Crippen LogP contribution >= 0.6 is 0 Å². The van der Waals surface area contributed by atoms with Crippen molar-refractivity contribution < 1.29 is 54.2 Å². The third-order valence-corrected chi connectivity index (χ3v) is 4.03. The molecule has 0 aromatic rings. The third-order valence-electron chi connectivity index (χ3n) is 1.84. The molecular weight excluding hydrogens is 408 g/mol. The Morgan fingerprint density at radius 2 is 0.840 bits per heavy atom. The number of hydrogen-bond donors (Lipinski definition) is 6. The molecule has 25 heavy (non-hydrogen) atoms. The second-order valence-corrected chi connectivity index (χ2v) is 9.33. The van der Waals surface area contributed by atoms with Crippen LogP contribution in [-0.4, -0.2) is 90.3 Å². The normalized spacial score (nSPS) is 13.7. The monoisotopic (exact) mass is 436 g/mol. The molecule has 2 atom stereocenters. The molecule has 0 aliphatic carbocycles. The lowest BCUT2D eigenvalue weighted by Gasteiger charge is -2.07. The van der Waals surface area contributed by atoms with Gasteiger partial charge in [-0.05, 0) is 27.7 Å². The summed E-state index contributed by atoms with van der Waals surface area (Å²) in [6.45, 7) is 5.15. The highest BCUT2D eigenvalue weighted by Gasteiger charge is 2.06. The fraction of sp³-hybridized carbons (Fsp3) is 1.00. The van der Waals surface area contributed by atoms with Gasteiger partial charge in [0.15, 0.2) is 0 Å². The van der Waals surface area contributed by atoms with Gasteiger partial charge in [-0.3, -0.25) is 13.7 Å². The maximum absolute atomic E-state index is 9.56. The maximum Gasteiger partial charge on any atom is 0.264 e. The molecule has 0 spiro atoms. The highest BCUT2D eigenvalue weighted by Crippen LogP contribution is 1.87. The highest BCUT2D eigenvalue weighted by atomic mass is 32.2. The van der Waals surface area contributed by atoms with Crippen molar-refractivity contribution in [1.29, 1.82) is 0 Å². The summed E-state index contributed by atoms with van der Waals surface area (Å²) < 4.78 is 80.7. The van der Waals surface area contributed by atoms with E-state index in [0.717, 1.165) is 0 Å². The maximum atomic E-state index is 9.56. The van der Waals surface area contributed by atoms with E-state index in [-0.39, 0.29) is 23.9 Å². The predicted octanol–water partition coefficient (Wildman–Crippen LogP) is -1.60. The van der Waals surface area contributed by atoms with Gasteiger partial charge >= 0.3 is 0 Å². The topological polar surface area (TPSA) is 224 Å². The molecule has 0 aromatic heterocycles. The van der Waals surface area contributed by atoms with Crippen LogP contribution in [0.15, 0.2) is 0 Å². The van der Waals surface area contributed by atoms with Crippen molar-refractivity contribution in [3.05, 3.63) is 0 Å². The van der Waals surface area contributed by atoms with E-state index in [2.05, 4.69) is 0 Å². The minimum Gasteiger partial charge on any atom is -0.394 e. The van der Waals surface area contributed by atoms with Crippen molar-refractivity contribution in [1.82, 2.24) is 0 Å². The largest absolute Gasteiger partial charge is 0.394 e. The molecule has 15 heteroatoms. The zero-order chi connectivity index (χ0) is 21.5. The van der Waals surface area contributed by atoms with Crippen molar-refractivity contribution >= 4 is 30.4 Å². The Morgan fingerprint density at radius 1 is 0.680 bits per heavy atom. The fourth-order valence-corrected chi connectivity index (χ4v) is 0.153. The first-order chi connectivity index (χ1) is 10.9. The SMILES string of the molecule is CC(O)C(O)CO.CCS(=O)(=O)O.CCS(=O)(=O)O.CCS(=O)(=O)O. The molecular formula is C10H28O12S3. The molecule has 0 heterocycles. The van der Waals surface area contributed by atoms with E-state index in [0.29, 0.717) is 0 Å². The zero-order valence-corrected chi connectivity index (χ0v) is 16.8. The van der Waals surface area contributed by atoms with Crippen LogP contribution in [0.25, 0.3) is 0 Å². The van der Waals surface area contributed by atoms with E-state index >= 15 is 0 Å². The predicted molar refractivity (Wildman–Crippen MR) is 91.0 cm³/mol. The molecule has 12 nitrogen and oxygen atoms in total. The van der Waals surface area contributed by atoms with E-state index in [1.54, 1.807) is 0 Å². The Kier molecular flexibility index (Phi) is 20.5. The van der Waals surface area contributed by atoms with Gasteiger partial charge in [0.25, 0.3) is 30.4 Å². The first-order valence-corrected chi connectivity index (χ1v) is 11.5. The first-order valence-electron chi connectivity index (χ1n) is 6.69. The third kappa shape index (κ3) is 51.7. The van der Waals surface area contributed by atoms with Crippen LogP contribution in [-0.2, 0) is 30.4 Å². The average Bonchev–Trinajstić information content (AvgIpc) is 2.46. The molecule has 0 saturated heterocycles. The zero-order valence-electron chi connectivity index (χ0n) is 14.3. The van der Waals surface area contributed by atoms with Crippen LogP contribution < -0.4 is 0 Å². The molecule has 6 N–H and O–H groups in total. The number of hydrogen-bond acceptors (Lipinski definition) is 9. The molecule has 0 bridgehead atoms. The van der Waals surface area contributed by atoms with Crippen LogP contribution in [0.5, 0.6) is 0 Å². The van der Waals surface area contributed by atoms with Gasteiger partial charge in [0.1, 0.15) is 6.10 Å². The van der Waals surface area contributed by atoms with E-state index < -0.39 is 42.6 Å². The summed E-state index contributed by atoms with van der Waals surface area (Å²) in [6, 6.07) is 0. The van der Waals surface area contributed by atoms with Gasteiger partial charge in [-0.15, -0.1) is 0 Å². The lowest BCUT2D eigenvalue weighted by atomic mass is 10.2. The lowest BCUT2D eigenvalue weighted by molar-refractivity contribution is -0.00425. The summed E-state index contributed by atoms with van der Waals surface area (Å²) >= 11 is 0. The van der Waals surface area contributed by atoms with Crippen LogP contribution in [0.4, 0.5) is 0 Å². The molecule has 0 aromatic carbocycles. The molecule has 158 valence electrons. The molecule has 0 radical (unpaired) electrons.